The van der Waals surface area contributed by atoms with Gasteiger partial charge in [-0.3, -0.25) is 0 Å². The Hall–Kier alpha value is -1.55. The van der Waals surface area contributed by atoms with Gasteiger partial charge in [-0.25, -0.2) is 4.79 Å². The fourth-order valence-electron chi connectivity index (χ4n) is 14.6. The van der Waals surface area contributed by atoms with E-state index >= 15 is 0 Å². The van der Waals surface area contributed by atoms with E-state index in [1.54, 1.807) is 19.9 Å². The summed E-state index contributed by atoms with van der Waals surface area (Å²) in [5, 5.41) is 101. The van der Waals surface area contributed by atoms with E-state index in [1.807, 2.05) is 0 Å². The van der Waals surface area contributed by atoms with Gasteiger partial charge < -0.3 is 98.1 Å². The van der Waals surface area contributed by atoms with Crippen LogP contribution in [0.5, 0.6) is 0 Å². The molecule has 9 N–H and O–H groups in total. The van der Waals surface area contributed by atoms with Gasteiger partial charge in [0.05, 0.1) is 43.2 Å². The number of carbonyl (C=O) groups is 1. The van der Waals surface area contributed by atoms with E-state index in [0.29, 0.717) is 31.8 Å². The highest BCUT2D eigenvalue weighted by Gasteiger charge is 2.68. The molecule has 4 saturated carbocycles. The first kappa shape index (κ1) is 53.3. The summed E-state index contributed by atoms with van der Waals surface area (Å²) in [6.45, 7) is 6.99. The van der Waals surface area contributed by atoms with Crippen molar-refractivity contribution in [3.05, 3.63) is 11.6 Å². The minimum absolute atomic E-state index is 0.0551. The first-order valence-electron chi connectivity index (χ1n) is 25.5. The van der Waals surface area contributed by atoms with Gasteiger partial charge in [-0.05, 0) is 106 Å². The first-order chi connectivity index (χ1) is 33.3. The number of carbonyl (C=O) groups excluding carboxylic acids is 1. The van der Waals surface area contributed by atoms with Gasteiger partial charge in [0, 0.05) is 32.1 Å². The molecule has 0 radical (unpaired) electrons. The number of fused-ring (bicyclic) bond motifs is 5. The molecule has 0 bridgehead atoms. The first-order valence-corrected chi connectivity index (χ1v) is 25.5. The third-order valence-electron chi connectivity index (χ3n) is 18.8. The molecule has 0 aromatic carbocycles. The van der Waals surface area contributed by atoms with E-state index in [9.17, 15) is 50.8 Å². The lowest BCUT2D eigenvalue weighted by Gasteiger charge is -2.64. The van der Waals surface area contributed by atoms with E-state index in [0.717, 1.165) is 44.1 Å². The molecule has 21 nitrogen and oxygen atoms in total. The Labute approximate surface area is 408 Å². The van der Waals surface area contributed by atoms with Crippen molar-refractivity contribution in [1.29, 1.82) is 0 Å². The molecule has 0 unspecified atom stereocenters. The number of ether oxygens (including phenoxy) is 11. The molecule has 0 aromatic heterocycles. The topological polar surface area (TPSA) is 301 Å². The van der Waals surface area contributed by atoms with Gasteiger partial charge in [0.1, 0.15) is 79.9 Å². The van der Waals surface area contributed by atoms with Gasteiger partial charge in [-0.15, -0.1) is 0 Å². The number of methoxy groups -OCH3 is 2. The van der Waals surface area contributed by atoms with Gasteiger partial charge in [-0.1, -0.05) is 13.8 Å². The van der Waals surface area contributed by atoms with Crippen LogP contribution in [0.15, 0.2) is 11.6 Å². The summed E-state index contributed by atoms with van der Waals surface area (Å²) in [5.74, 6) is 0.514. The number of hydrogen-bond acceptors (Lipinski definition) is 21. The molecule has 400 valence electrons. The third-order valence-corrected chi connectivity index (χ3v) is 18.8. The molecular weight excluding hydrogens is 925 g/mol. The second-order valence-corrected chi connectivity index (χ2v) is 22.3. The summed E-state index contributed by atoms with van der Waals surface area (Å²) in [6, 6.07) is 0. The number of hydrogen-bond donors (Lipinski definition) is 9. The van der Waals surface area contributed by atoms with Crippen molar-refractivity contribution in [2.24, 2.45) is 34.5 Å². The predicted octanol–water partition coefficient (Wildman–Crippen LogP) is -0.706. The molecule has 8 fully saturated rings. The molecule has 0 aromatic rings. The minimum atomic E-state index is -1.79. The van der Waals surface area contributed by atoms with Crippen LogP contribution in [0.4, 0.5) is 0 Å². The van der Waals surface area contributed by atoms with Crippen molar-refractivity contribution >= 4 is 5.97 Å². The Morgan fingerprint density at radius 3 is 2.09 bits per heavy atom. The van der Waals surface area contributed by atoms with Crippen LogP contribution in [-0.4, -0.2) is 214 Å². The lowest BCUT2D eigenvalue weighted by Crippen LogP contribution is -2.65. The Balaban J connectivity index is 0.781. The Morgan fingerprint density at radius 1 is 0.657 bits per heavy atom. The molecule has 9 aliphatic rings. The summed E-state index contributed by atoms with van der Waals surface area (Å²) in [6.07, 6.45) is -15.2. The summed E-state index contributed by atoms with van der Waals surface area (Å²) in [4.78, 5) is 12.0. The van der Waals surface area contributed by atoms with Crippen LogP contribution in [0.3, 0.4) is 0 Å². The second-order valence-electron chi connectivity index (χ2n) is 22.3. The average Bonchev–Trinajstić information content (AvgIpc) is 3.89. The van der Waals surface area contributed by atoms with Gasteiger partial charge in [-0.2, -0.15) is 0 Å². The minimum Gasteiger partial charge on any atom is -0.458 e. The number of esters is 1. The van der Waals surface area contributed by atoms with Crippen molar-refractivity contribution in [3.8, 4) is 0 Å². The fourth-order valence-corrected chi connectivity index (χ4v) is 14.6. The predicted molar refractivity (Wildman–Crippen MR) is 238 cm³/mol. The summed E-state index contributed by atoms with van der Waals surface area (Å²) in [5.41, 5.74) is -0.236. The Bertz CT molecular complexity index is 1840. The highest BCUT2D eigenvalue weighted by Crippen LogP contribution is 2.70. The van der Waals surface area contributed by atoms with Crippen LogP contribution >= 0.6 is 0 Å². The Morgan fingerprint density at radius 2 is 1.39 bits per heavy atom. The van der Waals surface area contributed by atoms with E-state index in [1.165, 1.54) is 14.2 Å². The summed E-state index contributed by atoms with van der Waals surface area (Å²) >= 11 is 0. The smallest absolute Gasteiger partial charge is 0.331 e. The van der Waals surface area contributed by atoms with Crippen LogP contribution in [0.1, 0.15) is 91.9 Å². The molecule has 4 saturated heterocycles. The number of cyclic esters (lactones) is 1. The molecule has 0 spiro atoms. The summed E-state index contributed by atoms with van der Waals surface area (Å²) in [7, 11) is 2.84. The maximum atomic E-state index is 12.6. The van der Waals surface area contributed by atoms with Gasteiger partial charge >= 0.3 is 5.97 Å². The average molecular weight is 1000 g/mol. The lowest BCUT2D eigenvalue weighted by molar-refractivity contribution is -0.373. The zero-order valence-corrected chi connectivity index (χ0v) is 41.1. The van der Waals surface area contributed by atoms with E-state index in [-0.39, 0.29) is 47.1 Å². The monoisotopic (exact) mass is 1000 g/mol. The van der Waals surface area contributed by atoms with E-state index in [4.69, 9.17) is 52.1 Å². The third kappa shape index (κ3) is 9.35. The normalized spacial score (nSPS) is 53.9. The van der Waals surface area contributed by atoms with E-state index in [2.05, 4.69) is 13.8 Å². The second kappa shape index (κ2) is 20.9. The van der Waals surface area contributed by atoms with Gasteiger partial charge in [0.2, 0.25) is 0 Å². The maximum Gasteiger partial charge on any atom is 0.331 e. The standard InChI is InChI=1S/C49H78O21/c1-21-34(52)29(60-5)17-33(64-21)69-41-22(2)65-46(40(58)43(41)61-6)70-42-30(18-50)67-44(39(57)37(42)55)63-20-31-35(53)36(54)38(56)45(68-31)66-25-9-12-47(3)24(16-25)7-8-28-27(47)10-13-48(4)26(11-14-49(28,48)59)23-15-32(51)62-19-23/h15,21-22,24-31,33-46,50,52-59H,7-14,16-20H2,1-6H3/t21-,22-,24-,25+,26-,27+,28-,29+,30-,31-,33+,34-,35-,36+,37-,38-,39-,40-,41+,42-,43-,44-,45-,46+,47+,48-,49+/m1/s1. The van der Waals surface area contributed by atoms with Crippen molar-refractivity contribution in [1.82, 2.24) is 0 Å². The van der Waals surface area contributed by atoms with Crippen molar-refractivity contribution in [2.75, 3.05) is 34.0 Å². The zero-order valence-electron chi connectivity index (χ0n) is 41.1. The van der Waals surface area contributed by atoms with E-state index < -0.39 is 136 Å². The maximum absolute atomic E-state index is 12.6. The molecule has 9 rings (SSSR count). The van der Waals surface area contributed by atoms with Crippen LogP contribution in [0, 0.1) is 34.5 Å². The number of rotatable bonds is 13. The molecule has 21 heteroatoms. The van der Waals surface area contributed by atoms with Crippen LogP contribution in [0.25, 0.3) is 0 Å². The molecule has 5 heterocycles. The van der Waals surface area contributed by atoms with Gasteiger partial charge in [0.25, 0.3) is 0 Å². The number of aliphatic hydroxyl groups is 9. The zero-order chi connectivity index (χ0) is 50.2. The molecule has 0 amide bonds. The van der Waals surface area contributed by atoms with Crippen molar-refractivity contribution in [2.45, 2.75) is 220 Å². The Kier molecular flexibility index (Phi) is 15.9. The van der Waals surface area contributed by atoms with Crippen LogP contribution in [0.2, 0.25) is 0 Å². The molecule has 27 atom stereocenters. The molecule has 70 heavy (non-hydrogen) atoms. The lowest BCUT2D eigenvalue weighted by atomic mass is 9.43. The highest BCUT2D eigenvalue weighted by atomic mass is 16.8. The SMILES string of the molecule is CO[C@@H]1[C@@H](O)[C@H](O[C@H]2[C@H](O)[C@@H](O)[C@H](OC[C@H]3O[C@@H](O[C@H]4CC[C@@]5(C)[C@H](CC[C@@H]6[C@@H]5CC[C@]5(C)[C@@H](C7=CC(=O)OC7)CC[C@]65O)C4)[C@H](O)[C@@H](O)[C@@H]3O)O[C@@H]2CO)O[C@H](C)[C@@H]1O[C@H]1C[C@H](OC)[C@H](O)[C@@H](C)O1. The van der Waals surface area contributed by atoms with Gasteiger partial charge in [0.15, 0.2) is 25.2 Å². The van der Waals surface area contributed by atoms with Crippen LogP contribution < -0.4 is 0 Å². The number of aliphatic hydroxyl groups excluding tert-OH is 8. The largest absolute Gasteiger partial charge is 0.458 e. The quantitative estimate of drug-likeness (QED) is 0.0814. The molecular formula is C49H78O21. The molecule has 4 aliphatic carbocycles. The van der Waals surface area contributed by atoms with Crippen molar-refractivity contribution < 1.29 is 103 Å². The van der Waals surface area contributed by atoms with Crippen LogP contribution in [-0.2, 0) is 56.9 Å². The fraction of sp³-hybridized carbons (Fsp3) is 0.939. The highest BCUT2D eigenvalue weighted by molar-refractivity contribution is 5.85. The molecule has 5 aliphatic heterocycles. The summed E-state index contributed by atoms with van der Waals surface area (Å²) < 4.78 is 64.6. The van der Waals surface area contributed by atoms with Crippen molar-refractivity contribution in [3.63, 3.8) is 0 Å².